The van der Waals surface area contributed by atoms with Crippen LogP contribution in [0, 0.1) is 0 Å². The first-order chi connectivity index (χ1) is 26.8. The molecule has 3 amide bonds. The Hall–Kier alpha value is -6.85. The summed E-state index contributed by atoms with van der Waals surface area (Å²) >= 11 is 5.76. The molecule has 0 fully saturated rings. The van der Waals surface area contributed by atoms with Crippen LogP contribution in [0.25, 0.3) is 0 Å². The maximum atomic E-state index is 12.1. The fourth-order valence-electron chi connectivity index (χ4n) is 3.91. The van der Waals surface area contributed by atoms with Crippen molar-refractivity contribution in [3.63, 3.8) is 0 Å². The number of rotatable bonds is 21. The number of benzene rings is 3. The summed E-state index contributed by atoms with van der Waals surface area (Å²) in [5.74, 6) is -2.74. The molecule has 0 saturated carbocycles. The number of anilines is 3. The minimum Gasteiger partial charge on any atom is -0.478 e. The Morgan fingerprint density at radius 2 is 0.732 bits per heavy atom. The molecule has 0 unspecified atom stereocenters. The minimum absolute atomic E-state index is 0.0430. The van der Waals surface area contributed by atoms with E-state index >= 15 is 0 Å². The normalized spacial score (nSPS) is 11.9. The first-order valence-electron chi connectivity index (χ1n) is 16.3. The third-order valence-corrected chi connectivity index (χ3v) is 8.26. The zero-order valence-electron chi connectivity index (χ0n) is 29.2. The SMILES string of the molecule is O=C(O)C=CCCOC(=O)Nc1ccc(OP(=S)(Oc2ccc(NC(=O)OCCC=CC(=O)O)cc2)Oc2ccc(NC(=O)OCCC=CC(=O)O)cc2)cc1. The lowest BCUT2D eigenvalue weighted by atomic mass is 10.3. The summed E-state index contributed by atoms with van der Waals surface area (Å²) < 4.78 is 33.2. The molecular formula is C36H36N3O15PS. The summed E-state index contributed by atoms with van der Waals surface area (Å²) in [6.07, 6.45) is 5.21. The van der Waals surface area contributed by atoms with Crippen LogP contribution in [0.15, 0.2) is 109 Å². The minimum atomic E-state index is -3.75. The Morgan fingerprint density at radius 1 is 0.482 bits per heavy atom. The highest BCUT2D eigenvalue weighted by atomic mass is 32.5. The lowest BCUT2D eigenvalue weighted by Gasteiger charge is -2.23. The smallest absolute Gasteiger partial charge is 0.478 e. The molecule has 0 heterocycles. The zero-order chi connectivity index (χ0) is 40.8. The molecule has 56 heavy (non-hydrogen) atoms. The molecule has 3 rings (SSSR count). The molecule has 6 N–H and O–H groups in total. The number of ether oxygens (including phenoxy) is 3. The molecule has 0 aliphatic heterocycles. The molecule has 20 heteroatoms. The zero-order valence-corrected chi connectivity index (χ0v) is 30.9. The molecule has 0 aromatic heterocycles. The van der Waals surface area contributed by atoms with Crippen molar-refractivity contribution in [2.45, 2.75) is 19.3 Å². The molecule has 0 aliphatic carbocycles. The number of aliphatic carboxylic acids is 3. The van der Waals surface area contributed by atoms with Gasteiger partial charge >= 0.3 is 42.9 Å². The third-order valence-electron chi connectivity index (χ3n) is 6.29. The highest BCUT2D eigenvalue weighted by Crippen LogP contribution is 2.50. The van der Waals surface area contributed by atoms with Gasteiger partial charge in [-0.25, -0.2) is 28.8 Å². The van der Waals surface area contributed by atoms with Crippen LogP contribution in [-0.2, 0) is 40.4 Å². The van der Waals surface area contributed by atoms with Crippen molar-refractivity contribution in [3.05, 3.63) is 109 Å². The van der Waals surface area contributed by atoms with E-state index in [4.69, 9.17) is 54.9 Å². The van der Waals surface area contributed by atoms with E-state index in [-0.39, 0.29) is 56.3 Å². The Labute approximate surface area is 324 Å². The molecule has 0 spiro atoms. The van der Waals surface area contributed by atoms with Crippen LogP contribution in [0.2, 0.25) is 0 Å². The van der Waals surface area contributed by atoms with Crippen LogP contribution in [0.4, 0.5) is 31.4 Å². The number of carbonyl (C=O) groups excluding carboxylic acids is 3. The predicted octanol–water partition coefficient (Wildman–Crippen LogP) is 7.19. The molecule has 0 bridgehead atoms. The van der Waals surface area contributed by atoms with Gasteiger partial charge in [-0.3, -0.25) is 16.0 Å². The van der Waals surface area contributed by atoms with E-state index in [1.807, 2.05) is 0 Å². The number of hydrogen-bond donors (Lipinski definition) is 6. The van der Waals surface area contributed by atoms with E-state index in [2.05, 4.69) is 16.0 Å². The molecule has 0 radical (unpaired) electrons. The lowest BCUT2D eigenvalue weighted by molar-refractivity contribution is -0.132. The van der Waals surface area contributed by atoms with Crippen LogP contribution < -0.4 is 29.5 Å². The highest BCUT2D eigenvalue weighted by molar-refractivity contribution is 8.08. The molecular weight excluding hydrogens is 777 g/mol. The number of carboxylic acids is 3. The van der Waals surface area contributed by atoms with Crippen molar-refractivity contribution in [2.75, 3.05) is 35.8 Å². The average molecular weight is 814 g/mol. The van der Waals surface area contributed by atoms with Crippen molar-refractivity contribution in [1.29, 1.82) is 0 Å². The Bertz CT molecular complexity index is 1730. The number of carboxylic acid groups (broad SMARTS) is 3. The summed E-state index contributed by atoms with van der Waals surface area (Å²) in [6, 6.07) is 18.0. The second-order valence-electron chi connectivity index (χ2n) is 10.7. The second-order valence-corrected chi connectivity index (χ2v) is 13.4. The number of carbonyl (C=O) groups is 6. The highest BCUT2D eigenvalue weighted by Gasteiger charge is 2.27. The number of hydrogen-bond acceptors (Lipinski definition) is 13. The Balaban J connectivity index is 1.68. The van der Waals surface area contributed by atoms with Gasteiger partial charge in [0.2, 0.25) is 0 Å². The Morgan fingerprint density at radius 3 is 0.964 bits per heavy atom. The molecule has 0 saturated heterocycles. The molecule has 18 nitrogen and oxygen atoms in total. The molecule has 0 atom stereocenters. The van der Waals surface area contributed by atoms with Gasteiger partial charge in [0.1, 0.15) is 17.2 Å². The fraction of sp³-hybridized carbons (Fsp3) is 0.167. The van der Waals surface area contributed by atoms with Gasteiger partial charge in [-0.1, -0.05) is 18.2 Å². The lowest BCUT2D eigenvalue weighted by Crippen LogP contribution is -2.14. The average Bonchev–Trinajstić information content (AvgIpc) is 3.13. The van der Waals surface area contributed by atoms with Gasteiger partial charge in [-0.15, -0.1) is 0 Å². The van der Waals surface area contributed by atoms with Crippen molar-refractivity contribution >= 4 is 71.8 Å². The van der Waals surface area contributed by atoms with Gasteiger partial charge < -0.3 is 43.1 Å². The monoisotopic (exact) mass is 813 g/mol. The number of amides is 3. The van der Waals surface area contributed by atoms with E-state index in [9.17, 15) is 28.8 Å². The van der Waals surface area contributed by atoms with Crippen LogP contribution in [0.5, 0.6) is 17.2 Å². The summed E-state index contributed by atoms with van der Waals surface area (Å²) in [5, 5.41) is 33.5. The summed E-state index contributed by atoms with van der Waals surface area (Å²) in [6.45, 7) is -3.88. The van der Waals surface area contributed by atoms with Crippen molar-refractivity contribution in [3.8, 4) is 17.2 Å². The second kappa shape index (κ2) is 23.0. The first kappa shape index (κ1) is 43.6. The molecule has 3 aromatic rings. The predicted molar refractivity (Wildman–Crippen MR) is 205 cm³/mol. The maximum Gasteiger partial charge on any atom is 0.490 e. The third kappa shape index (κ3) is 18.3. The van der Waals surface area contributed by atoms with E-state index in [0.717, 1.165) is 18.2 Å². The number of nitrogens with one attached hydrogen (secondary N) is 3. The first-order valence-corrected chi connectivity index (χ1v) is 18.8. The van der Waals surface area contributed by atoms with E-state index < -0.39 is 42.9 Å². The topological polar surface area (TPSA) is 255 Å². The molecule has 0 aliphatic rings. The Kier molecular flexibility index (Phi) is 17.9. The molecule has 296 valence electrons. The summed E-state index contributed by atoms with van der Waals surface area (Å²) in [7, 11) is 0. The standard InChI is InChI=1S/C36H36N3O15PS/c40-31(41)7-1-4-22-49-34(46)37-25-10-16-28(17-11-25)52-55(56,53-29-18-12-26(13-19-29)38-35(47)50-23-5-2-8-32(42)43)54-30-20-14-27(15-21-30)39-36(48)51-24-6-3-9-33(44)45/h1-3,7-21H,4-6,22-24H2,(H,37,46)(H,38,47)(H,39,48)(H,40,41)(H,42,43)(H,44,45). The summed E-state index contributed by atoms with van der Waals surface area (Å²) in [4.78, 5) is 68.0. The molecule has 3 aromatic carbocycles. The van der Waals surface area contributed by atoms with Crippen LogP contribution in [0.1, 0.15) is 19.3 Å². The van der Waals surface area contributed by atoms with Gasteiger partial charge in [0, 0.05) is 66.4 Å². The van der Waals surface area contributed by atoms with E-state index in [1.165, 1.54) is 91.0 Å². The van der Waals surface area contributed by atoms with Gasteiger partial charge in [0.15, 0.2) is 0 Å². The quantitative estimate of drug-likeness (QED) is 0.0269. The van der Waals surface area contributed by atoms with Crippen LogP contribution in [0.3, 0.4) is 0 Å². The van der Waals surface area contributed by atoms with E-state index in [0.29, 0.717) is 17.1 Å². The van der Waals surface area contributed by atoms with Crippen molar-refractivity contribution in [1.82, 2.24) is 0 Å². The van der Waals surface area contributed by atoms with Crippen LogP contribution in [-0.4, -0.2) is 71.3 Å². The van der Waals surface area contributed by atoms with Gasteiger partial charge in [0.05, 0.1) is 19.8 Å². The van der Waals surface area contributed by atoms with Crippen molar-refractivity contribution < 1.29 is 71.9 Å². The van der Waals surface area contributed by atoms with E-state index in [1.54, 1.807) is 0 Å². The maximum absolute atomic E-state index is 12.1. The largest absolute Gasteiger partial charge is 0.490 e. The summed E-state index contributed by atoms with van der Waals surface area (Å²) in [5.41, 5.74) is 1.03. The fourth-order valence-corrected chi connectivity index (χ4v) is 5.94. The van der Waals surface area contributed by atoms with Gasteiger partial charge in [-0.05, 0) is 72.8 Å². The van der Waals surface area contributed by atoms with Gasteiger partial charge in [-0.2, -0.15) is 0 Å². The van der Waals surface area contributed by atoms with Gasteiger partial charge in [0.25, 0.3) is 0 Å². The van der Waals surface area contributed by atoms with Crippen molar-refractivity contribution in [2.24, 2.45) is 0 Å². The van der Waals surface area contributed by atoms with Crippen LogP contribution >= 0.6 is 6.72 Å².